The van der Waals surface area contributed by atoms with Gasteiger partial charge >= 0.3 is 0 Å². The summed E-state index contributed by atoms with van der Waals surface area (Å²) >= 11 is 0. The molecule has 3 fully saturated rings. The third-order valence-corrected chi connectivity index (χ3v) is 3.11. The molecule has 2 unspecified atom stereocenters. The Balaban J connectivity index is 1.91. The Morgan fingerprint density at radius 3 is 2.93 bits per heavy atom. The Morgan fingerprint density at radius 1 is 1.47 bits per heavy atom. The zero-order valence-electron chi connectivity index (χ0n) is 8.31. The minimum absolute atomic E-state index is 0.0326. The predicted octanol–water partition coefficient (Wildman–Crippen LogP) is 0.346. The summed E-state index contributed by atoms with van der Waals surface area (Å²) in [5, 5.41) is 3.22. The molecular formula is C11H13N3O. The van der Waals surface area contributed by atoms with Crippen LogP contribution in [0.3, 0.4) is 0 Å². The van der Waals surface area contributed by atoms with E-state index in [1.807, 2.05) is 29.2 Å². The molecule has 0 aromatic heterocycles. The van der Waals surface area contributed by atoms with Crippen molar-refractivity contribution in [1.82, 2.24) is 5.32 Å². The lowest BCUT2D eigenvalue weighted by atomic mass is 9.90. The van der Waals surface area contributed by atoms with Crippen LogP contribution in [0.5, 0.6) is 0 Å². The van der Waals surface area contributed by atoms with E-state index in [1.54, 1.807) is 0 Å². The highest BCUT2D eigenvalue weighted by atomic mass is 16.2. The van der Waals surface area contributed by atoms with Gasteiger partial charge in [-0.2, -0.15) is 0 Å². The first kappa shape index (κ1) is 8.73. The Bertz CT molecular complexity index is 412. The number of carbonyl (C=O) groups excluding carboxylic acids is 1. The molecule has 2 atom stereocenters. The molecule has 4 rings (SSSR count). The first-order valence-corrected chi connectivity index (χ1v) is 5.17. The maximum Gasteiger partial charge on any atom is 0.244 e. The maximum atomic E-state index is 11.9. The summed E-state index contributed by atoms with van der Waals surface area (Å²) in [5.74, 6) is 0.170. The molecule has 3 heterocycles. The molecule has 0 spiro atoms. The molecule has 4 heteroatoms. The van der Waals surface area contributed by atoms with Gasteiger partial charge in [-0.3, -0.25) is 4.79 Å². The van der Waals surface area contributed by atoms with Gasteiger partial charge in [0.05, 0.1) is 6.04 Å². The molecule has 1 amide bonds. The minimum Gasteiger partial charge on any atom is -0.399 e. The van der Waals surface area contributed by atoms with Crippen LogP contribution < -0.4 is 16.0 Å². The van der Waals surface area contributed by atoms with Gasteiger partial charge in [-0.25, -0.2) is 0 Å². The second kappa shape index (κ2) is 2.97. The van der Waals surface area contributed by atoms with Crippen molar-refractivity contribution in [1.29, 1.82) is 0 Å². The Hall–Kier alpha value is -1.55. The molecule has 3 aliphatic heterocycles. The number of hydrogen-bond acceptors (Lipinski definition) is 3. The summed E-state index contributed by atoms with van der Waals surface area (Å²) in [6, 6.07) is 7.99. The number of piperidine rings is 1. The quantitative estimate of drug-likeness (QED) is 0.647. The minimum atomic E-state index is 0.0326. The van der Waals surface area contributed by atoms with Gasteiger partial charge in [-0.1, -0.05) is 6.07 Å². The summed E-state index contributed by atoms with van der Waals surface area (Å²) in [4.78, 5) is 13.7. The number of anilines is 2. The van der Waals surface area contributed by atoms with Crippen LogP contribution in [0.1, 0.15) is 6.42 Å². The van der Waals surface area contributed by atoms with Crippen LogP contribution in [0.15, 0.2) is 24.3 Å². The maximum absolute atomic E-state index is 11.9. The molecule has 15 heavy (non-hydrogen) atoms. The molecule has 2 bridgehead atoms. The number of amides is 1. The van der Waals surface area contributed by atoms with Crippen molar-refractivity contribution in [2.24, 2.45) is 0 Å². The second-order valence-electron chi connectivity index (χ2n) is 4.20. The zero-order chi connectivity index (χ0) is 10.4. The van der Waals surface area contributed by atoms with E-state index in [4.69, 9.17) is 5.73 Å². The van der Waals surface area contributed by atoms with E-state index in [2.05, 4.69) is 5.32 Å². The van der Waals surface area contributed by atoms with Crippen LogP contribution in [0, 0.1) is 0 Å². The fourth-order valence-corrected chi connectivity index (χ4v) is 2.27. The molecule has 0 aliphatic carbocycles. The van der Waals surface area contributed by atoms with Crippen molar-refractivity contribution in [3.63, 3.8) is 0 Å². The number of benzene rings is 1. The number of fused-ring (bicyclic) bond motifs is 2. The van der Waals surface area contributed by atoms with Gasteiger partial charge in [0.25, 0.3) is 0 Å². The Morgan fingerprint density at radius 2 is 2.27 bits per heavy atom. The van der Waals surface area contributed by atoms with Crippen LogP contribution in [0.2, 0.25) is 0 Å². The molecule has 3 aliphatic rings. The predicted molar refractivity (Wildman–Crippen MR) is 58.5 cm³/mol. The van der Waals surface area contributed by atoms with Crippen molar-refractivity contribution in [2.45, 2.75) is 18.5 Å². The van der Waals surface area contributed by atoms with Crippen molar-refractivity contribution >= 4 is 17.3 Å². The zero-order valence-corrected chi connectivity index (χ0v) is 8.31. The van der Waals surface area contributed by atoms with Crippen LogP contribution in [-0.2, 0) is 4.79 Å². The standard InChI is InChI=1S/C11H13N3O/c12-7-2-1-3-9(4-7)14-6-8-5-10(13-8)11(14)15/h1-4,8,10,13H,5-6,12H2. The molecule has 4 nitrogen and oxygen atoms in total. The first-order valence-electron chi connectivity index (χ1n) is 5.17. The van der Waals surface area contributed by atoms with E-state index >= 15 is 0 Å². The monoisotopic (exact) mass is 203 g/mol. The molecule has 3 saturated heterocycles. The lowest BCUT2D eigenvalue weighted by molar-refractivity contribution is -0.125. The number of nitrogen functional groups attached to an aromatic ring is 1. The van der Waals surface area contributed by atoms with Crippen LogP contribution in [0.4, 0.5) is 11.4 Å². The van der Waals surface area contributed by atoms with E-state index in [9.17, 15) is 4.79 Å². The first-order chi connectivity index (χ1) is 7.24. The van der Waals surface area contributed by atoms with Gasteiger partial charge < -0.3 is 16.0 Å². The van der Waals surface area contributed by atoms with Crippen molar-refractivity contribution in [3.8, 4) is 0 Å². The lowest BCUT2D eigenvalue weighted by Crippen LogP contribution is -2.70. The molecule has 0 saturated carbocycles. The van der Waals surface area contributed by atoms with E-state index < -0.39 is 0 Å². The number of rotatable bonds is 1. The Kier molecular flexibility index (Phi) is 1.73. The number of nitrogens with two attached hydrogens (primary N) is 1. The van der Waals surface area contributed by atoms with Gasteiger partial charge in [0.1, 0.15) is 0 Å². The normalized spacial score (nSPS) is 28.8. The average molecular weight is 203 g/mol. The summed E-state index contributed by atoms with van der Waals surface area (Å²) in [7, 11) is 0. The fourth-order valence-electron chi connectivity index (χ4n) is 2.27. The molecule has 0 radical (unpaired) electrons. The second-order valence-corrected chi connectivity index (χ2v) is 4.20. The largest absolute Gasteiger partial charge is 0.399 e. The van der Waals surface area contributed by atoms with Gasteiger partial charge in [0.15, 0.2) is 0 Å². The van der Waals surface area contributed by atoms with Gasteiger partial charge in [0.2, 0.25) is 5.91 Å². The third-order valence-electron chi connectivity index (χ3n) is 3.11. The van der Waals surface area contributed by atoms with Crippen LogP contribution in [-0.4, -0.2) is 24.5 Å². The lowest BCUT2D eigenvalue weighted by Gasteiger charge is -2.47. The number of nitrogens with one attached hydrogen (secondary N) is 1. The highest BCUT2D eigenvalue weighted by Crippen LogP contribution is 2.27. The third kappa shape index (κ3) is 1.29. The number of piperazine rings is 1. The van der Waals surface area contributed by atoms with E-state index in [0.29, 0.717) is 11.7 Å². The average Bonchev–Trinajstić information content (AvgIpc) is 2.16. The molecular weight excluding hydrogens is 190 g/mol. The van der Waals surface area contributed by atoms with E-state index in [-0.39, 0.29) is 11.9 Å². The summed E-state index contributed by atoms with van der Waals surface area (Å²) in [6.45, 7) is 0.763. The summed E-state index contributed by atoms with van der Waals surface area (Å²) < 4.78 is 0. The van der Waals surface area contributed by atoms with Crippen LogP contribution >= 0.6 is 0 Å². The summed E-state index contributed by atoms with van der Waals surface area (Å²) in [5.41, 5.74) is 7.32. The smallest absolute Gasteiger partial charge is 0.244 e. The summed E-state index contributed by atoms with van der Waals surface area (Å²) in [6.07, 6.45) is 0.984. The van der Waals surface area contributed by atoms with Crippen molar-refractivity contribution in [3.05, 3.63) is 24.3 Å². The van der Waals surface area contributed by atoms with Crippen LogP contribution in [0.25, 0.3) is 0 Å². The highest BCUT2D eigenvalue weighted by Gasteiger charge is 2.43. The van der Waals surface area contributed by atoms with Gasteiger partial charge in [-0.15, -0.1) is 0 Å². The number of nitrogens with zero attached hydrogens (tertiary/aromatic N) is 1. The highest BCUT2D eigenvalue weighted by molar-refractivity contribution is 5.99. The van der Waals surface area contributed by atoms with Gasteiger partial charge in [0, 0.05) is 24.0 Å². The van der Waals surface area contributed by atoms with Crippen molar-refractivity contribution < 1.29 is 4.79 Å². The molecule has 3 N–H and O–H groups in total. The number of hydrogen-bond donors (Lipinski definition) is 2. The van der Waals surface area contributed by atoms with E-state index in [0.717, 1.165) is 18.7 Å². The number of carbonyl (C=O) groups is 1. The van der Waals surface area contributed by atoms with Gasteiger partial charge in [-0.05, 0) is 24.6 Å². The van der Waals surface area contributed by atoms with E-state index in [1.165, 1.54) is 0 Å². The molecule has 1 aromatic rings. The SMILES string of the molecule is Nc1cccc(N2CC3CC(N3)C2=O)c1. The molecule has 78 valence electrons. The molecule has 1 aromatic carbocycles. The Labute approximate surface area is 88.1 Å². The van der Waals surface area contributed by atoms with Crippen molar-refractivity contribution in [2.75, 3.05) is 17.2 Å². The topological polar surface area (TPSA) is 58.4 Å². The fraction of sp³-hybridized carbons (Fsp3) is 0.364.